The summed E-state index contributed by atoms with van der Waals surface area (Å²) in [5.41, 5.74) is 6.02. The van der Waals surface area contributed by atoms with Crippen LogP contribution < -0.4 is 5.73 Å². The van der Waals surface area contributed by atoms with Crippen molar-refractivity contribution in [3.05, 3.63) is 0 Å². The van der Waals surface area contributed by atoms with Crippen molar-refractivity contribution in [3.63, 3.8) is 0 Å². The van der Waals surface area contributed by atoms with Gasteiger partial charge >= 0.3 is 0 Å². The average Bonchev–Trinajstić information content (AvgIpc) is 2.17. The van der Waals surface area contributed by atoms with Crippen LogP contribution in [0.2, 0.25) is 0 Å². The highest BCUT2D eigenvalue weighted by Gasteiger charge is 2.16. The fourth-order valence-electron chi connectivity index (χ4n) is 1.26. The van der Waals surface area contributed by atoms with Crippen molar-refractivity contribution in [3.8, 4) is 0 Å². The first-order valence-electron chi connectivity index (χ1n) is 6.17. The van der Waals surface area contributed by atoms with E-state index in [0.29, 0.717) is 5.41 Å². The van der Waals surface area contributed by atoms with Gasteiger partial charge in [-0.05, 0) is 45.1 Å². The summed E-state index contributed by atoms with van der Waals surface area (Å²) in [5.74, 6) is 0. The zero-order valence-electron chi connectivity index (χ0n) is 11.2. The SMILES string of the molecule is CCC(C)(C)OCCCCC(C)(C)CN. The van der Waals surface area contributed by atoms with Gasteiger partial charge in [0.1, 0.15) is 0 Å². The molecule has 92 valence electrons. The third kappa shape index (κ3) is 7.80. The smallest absolute Gasteiger partial charge is 0.0623 e. The molecule has 0 spiro atoms. The van der Waals surface area contributed by atoms with E-state index in [1.807, 2.05) is 0 Å². The molecular weight excluding hydrogens is 186 g/mol. The van der Waals surface area contributed by atoms with Gasteiger partial charge in [-0.25, -0.2) is 0 Å². The van der Waals surface area contributed by atoms with Crippen LogP contribution in [0.3, 0.4) is 0 Å². The van der Waals surface area contributed by atoms with E-state index in [-0.39, 0.29) is 5.60 Å². The third-order valence-electron chi connectivity index (χ3n) is 3.14. The molecule has 0 aromatic carbocycles. The standard InChI is InChI=1S/C13H29NO/c1-6-13(4,5)15-10-8-7-9-12(2,3)11-14/h6-11,14H2,1-5H3. The van der Waals surface area contributed by atoms with Crippen molar-refractivity contribution >= 4 is 0 Å². The Kier molecular flexibility index (Phi) is 6.46. The summed E-state index contributed by atoms with van der Waals surface area (Å²) in [5, 5.41) is 0. The maximum atomic E-state index is 5.80. The van der Waals surface area contributed by atoms with Gasteiger partial charge in [-0.2, -0.15) is 0 Å². The van der Waals surface area contributed by atoms with Crippen molar-refractivity contribution in [2.45, 2.75) is 65.9 Å². The largest absolute Gasteiger partial charge is 0.376 e. The quantitative estimate of drug-likeness (QED) is 0.630. The summed E-state index contributed by atoms with van der Waals surface area (Å²) >= 11 is 0. The van der Waals surface area contributed by atoms with E-state index in [0.717, 1.165) is 26.0 Å². The van der Waals surface area contributed by atoms with Gasteiger partial charge in [-0.1, -0.05) is 27.2 Å². The predicted octanol–water partition coefficient (Wildman–Crippen LogP) is 3.35. The molecule has 0 saturated heterocycles. The molecule has 15 heavy (non-hydrogen) atoms. The van der Waals surface area contributed by atoms with Gasteiger partial charge < -0.3 is 10.5 Å². The molecule has 0 unspecified atom stereocenters. The summed E-state index contributed by atoms with van der Waals surface area (Å²) in [7, 11) is 0. The van der Waals surface area contributed by atoms with Crippen LogP contribution in [0.5, 0.6) is 0 Å². The van der Waals surface area contributed by atoms with Gasteiger partial charge in [-0.15, -0.1) is 0 Å². The Morgan fingerprint density at radius 1 is 1.07 bits per heavy atom. The zero-order valence-corrected chi connectivity index (χ0v) is 11.2. The van der Waals surface area contributed by atoms with Gasteiger partial charge in [0.05, 0.1) is 5.60 Å². The Hall–Kier alpha value is -0.0800. The molecule has 0 amide bonds. The van der Waals surface area contributed by atoms with E-state index in [1.165, 1.54) is 12.8 Å². The van der Waals surface area contributed by atoms with E-state index >= 15 is 0 Å². The minimum Gasteiger partial charge on any atom is -0.376 e. The summed E-state index contributed by atoms with van der Waals surface area (Å²) < 4.78 is 5.80. The van der Waals surface area contributed by atoms with Gasteiger partial charge in [0.2, 0.25) is 0 Å². The van der Waals surface area contributed by atoms with Crippen LogP contribution in [-0.4, -0.2) is 18.8 Å². The molecule has 0 saturated carbocycles. The lowest BCUT2D eigenvalue weighted by molar-refractivity contribution is -0.0222. The number of hydrogen-bond donors (Lipinski definition) is 1. The summed E-state index contributed by atoms with van der Waals surface area (Å²) in [6, 6.07) is 0. The van der Waals surface area contributed by atoms with Crippen LogP contribution in [0.1, 0.15) is 60.3 Å². The number of unbranched alkanes of at least 4 members (excludes halogenated alkanes) is 1. The Bertz CT molecular complexity index is 146. The molecule has 0 aliphatic heterocycles. The fraction of sp³-hybridized carbons (Fsp3) is 1.00. The van der Waals surface area contributed by atoms with E-state index in [4.69, 9.17) is 10.5 Å². The molecule has 0 aliphatic rings. The van der Waals surface area contributed by atoms with Crippen molar-refractivity contribution in [1.82, 2.24) is 0 Å². The maximum Gasteiger partial charge on any atom is 0.0623 e. The van der Waals surface area contributed by atoms with Crippen LogP contribution in [0.25, 0.3) is 0 Å². The first kappa shape index (κ1) is 14.9. The van der Waals surface area contributed by atoms with Gasteiger partial charge in [-0.3, -0.25) is 0 Å². The highest BCUT2D eigenvalue weighted by molar-refractivity contribution is 4.69. The molecule has 2 N–H and O–H groups in total. The number of ether oxygens (including phenoxy) is 1. The minimum absolute atomic E-state index is 0.0450. The normalized spacial score (nSPS) is 13.2. The Morgan fingerprint density at radius 2 is 1.67 bits per heavy atom. The molecule has 0 aliphatic carbocycles. The monoisotopic (exact) mass is 215 g/mol. The second-order valence-electron chi connectivity index (χ2n) is 5.79. The Labute approximate surface area is 95.6 Å². The van der Waals surface area contributed by atoms with E-state index < -0.39 is 0 Å². The van der Waals surface area contributed by atoms with Gasteiger partial charge in [0.25, 0.3) is 0 Å². The van der Waals surface area contributed by atoms with Crippen LogP contribution in [0.4, 0.5) is 0 Å². The zero-order chi connectivity index (χ0) is 11.9. The van der Waals surface area contributed by atoms with Crippen molar-refractivity contribution in [2.75, 3.05) is 13.2 Å². The topological polar surface area (TPSA) is 35.2 Å². The summed E-state index contributed by atoms with van der Waals surface area (Å²) in [6.07, 6.45) is 4.62. The first-order valence-corrected chi connectivity index (χ1v) is 6.17. The van der Waals surface area contributed by atoms with Crippen LogP contribution in [0, 0.1) is 5.41 Å². The fourth-order valence-corrected chi connectivity index (χ4v) is 1.26. The van der Waals surface area contributed by atoms with Crippen molar-refractivity contribution < 1.29 is 4.74 Å². The Morgan fingerprint density at radius 3 is 2.13 bits per heavy atom. The minimum atomic E-state index is 0.0450. The van der Waals surface area contributed by atoms with Gasteiger partial charge in [0.15, 0.2) is 0 Å². The van der Waals surface area contributed by atoms with Crippen molar-refractivity contribution in [2.24, 2.45) is 11.1 Å². The average molecular weight is 215 g/mol. The summed E-state index contributed by atoms with van der Waals surface area (Å²) in [6.45, 7) is 12.6. The molecule has 2 nitrogen and oxygen atoms in total. The molecule has 0 aromatic rings. The maximum absolute atomic E-state index is 5.80. The van der Waals surface area contributed by atoms with Gasteiger partial charge in [0, 0.05) is 6.61 Å². The Balaban J connectivity index is 3.48. The second kappa shape index (κ2) is 6.49. The molecule has 0 aromatic heterocycles. The third-order valence-corrected chi connectivity index (χ3v) is 3.14. The van der Waals surface area contributed by atoms with Crippen LogP contribution >= 0.6 is 0 Å². The first-order chi connectivity index (χ1) is 6.83. The number of nitrogens with two attached hydrogens (primary N) is 1. The lowest BCUT2D eigenvalue weighted by Gasteiger charge is -2.25. The molecule has 0 radical (unpaired) electrons. The van der Waals surface area contributed by atoms with E-state index in [1.54, 1.807) is 0 Å². The molecular formula is C13H29NO. The molecule has 0 fully saturated rings. The van der Waals surface area contributed by atoms with E-state index in [9.17, 15) is 0 Å². The molecule has 0 bridgehead atoms. The molecule has 0 atom stereocenters. The number of hydrogen-bond acceptors (Lipinski definition) is 2. The second-order valence-corrected chi connectivity index (χ2v) is 5.79. The highest BCUT2D eigenvalue weighted by Crippen LogP contribution is 2.21. The van der Waals surface area contributed by atoms with Crippen LogP contribution in [-0.2, 0) is 4.74 Å². The molecule has 0 heterocycles. The molecule has 2 heteroatoms. The summed E-state index contributed by atoms with van der Waals surface area (Å²) in [4.78, 5) is 0. The van der Waals surface area contributed by atoms with Crippen LogP contribution in [0.15, 0.2) is 0 Å². The predicted molar refractivity (Wildman–Crippen MR) is 67.0 cm³/mol. The number of rotatable bonds is 8. The highest BCUT2D eigenvalue weighted by atomic mass is 16.5. The molecule has 0 rings (SSSR count). The lowest BCUT2D eigenvalue weighted by Crippen LogP contribution is -2.25. The lowest BCUT2D eigenvalue weighted by atomic mass is 9.87. The van der Waals surface area contributed by atoms with Crippen molar-refractivity contribution in [1.29, 1.82) is 0 Å². The van der Waals surface area contributed by atoms with E-state index in [2.05, 4.69) is 34.6 Å².